The minimum atomic E-state index is -0.601. The molecule has 1 N–H and O–H groups in total. The molecule has 0 aromatic heterocycles. The van der Waals surface area contributed by atoms with Crippen molar-refractivity contribution >= 4 is 21.6 Å². The summed E-state index contributed by atoms with van der Waals surface area (Å²) < 4.78 is 32.3. The lowest BCUT2D eigenvalue weighted by atomic mass is 10.1. The third kappa shape index (κ3) is 3.48. The number of hydrogen-bond acceptors (Lipinski definition) is 2. The molecule has 106 valence electrons. The maximum Gasteiger partial charge on any atom is 0.133 e. The Morgan fingerprint density at radius 1 is 1.10 bits per heavy atom. The van der Waals surface area contributed by atoms with Crippen LogP contribution in [-0.4, -0.2) is 7.11 Å². The first-order chi connectivity index (χ1) is 9.49. The predicted molar refractivity (Wildman–Crippen MR) is 79.1 cm³/mol. The number of halogens is 3. The fraction of sp³-hybridized carbons (Fsp3) is 0.200. The van der Waals surface area contributed by atoms with Crippen LogP contribution in [0.5, 0.6) is 5.75 Å². The van der Waals surface area contributed by atoms with E-state index in [1.807, 2.05) is 25.1 Å². The van der Waals surface area contributed by atoms with E-state index in [4.69, 9.17) is 4.74 Å². The van der Waals surface area contributed by atoms with Gasteiger partial charge in [0.15, 0.2) is 0 Å². The van der Waals surface area contributed by atoms with Crippen molar-refractivity contribution in [3.05, 3.63) is 58.1 Å². The first-order valence-electron chi connectivity index (χ1n) is 6.05. The highest BCUT2D eigenvalue weighted by molar-refractivity contribution is 9.10. The molecular formula is C15H14BrF2NO. The van der Waals surface area contributed by atoms with Gasteiger partial charge in [0.05, 0.1) is 11.6 Å². The Labute approximate surface area is 124 Å². The Kier molecular flexibility index (Phi) is 4.60. The molecule has 0 spiro atoms. The summed E-state index contributed by atoms with van der Waals surface area (Å²) in [5.74, 6) is -0.469. The van der Waals surface area contributed by atoms with Gasteiger partial charge >= 0.3 is 0 Å². The average molecular weight is 342 g/mol. The van der Waals surface area contributed by atoms with Gasteiger partial charge in [0.25, 0.3) is 0 Å². The normalized spacial score (nSPS) is 12.1. The Bertz CT molecular complexity index is 599. The lowest BCUT2D eigenvalue weighted by Gasteiger charge is -2.17. The molecule has 0 fully saturated rings. The smallest absolute Gasteiger partial charge is 0.133 e. The van der Waals surface area contributed by atoms with Crippen molar-refractivity contribution < 1.29 is 13.5 Å². The number of benzene rings is 2. The standard InChI is InChI=1S/C15H14BrF2NO/c1-9(10-3-4-15(20-2)14(16)5-10)19-13-7-11(17)6-12(18)8-13/h3-9,19H,1-2H3. The van der Waals surface area contributed by atoms with E-state index in [0.717, 1.165) is 21.9 Å². The summed E-state index contributed by atoms with van der Waals surface area (Å²) in [7, 11) is 1.59. The van der Waals surface area contributed by atoms with Gasteiger partial charge < -0.3 is 10.1 Å². The first kappa shape index (κ1) is 14.8. The number of rotatable bonds is 4. The van der Waals surface area contributed by atoms with E-state index in [2.05, 4.69) is 21.2 Å². The molecule has 20 heavy (non-hydrogen) atoms. The molecule has 0 heterocycles. The summed E-state index contributed by atoms with van der Waals surface area (Å²) in [4.78, 5) is 0. The lowest BCUT2D eigenvalue weighted by Crippen LogP contribution is -2.07. The van der Waals surface area contributed by atoms with Gasteiger partial charge in [-0.1, -0.05) is 6.07 Å². The zero-order chi connectivity index (χ0) is 14.7. The summed E-state index contributed by atoms with van der Waals surface area (Å²) in [5.41, 5.74) is 1.38. The summed E-state index contributed by atoms with van der Waals surface area (Å²) in [6, 6.07) is 8.92. The van der Waals surface area contributed by atoms with E-state index in [0.29, 0.717) is 5.69 Å². The minimum Gasteiger partial charge on any atom is -0.496 e. The Morgan fingerprint density at radius 3 is 2.30 bits per heavy atom. The van der Waals surface area contributed by atoms with E-state index < -0.39 is 11.6 Å². The quantitative estimate of drug-likeness (QED) is 0.853. The van der Waals surface area contributed by atoms with Crippen LogP contribution in [0.4, 0.5) is 14.5 Å². The molecule has 0 aliphatic carbocycles. The zero-order valence-corrected chi connectivity index (χ0v) is 12.7. The summed E-state index contributed by atoms with van der Waals surface area (Å²) in [6.07, 6.45) is 0. The van der Waals surface area contributed by atoms with Crippen molar-refractivity contribution in [3.63, 3.8) is 0 Å². The molecule has 0 amide bonds. The van der Waals surface area contributed by atoms with Gasteiger partial charge in [0, 0.05) is 17.8 Å². The van der Waals surface area contributed by atoms with Crippen LogP contribution in [0.3, 0.4) is 0 Å². The SMILES string of the molecule is COc1ccc(C(C)Nc2cc(F)cc(F)c2)cc1Br. The molecule has 1 unspecified atom stereocenters. The van der Waals surface area contributed by atoms with E-state index in [1.165, 1.54) is 12.1 Å². The second kappa shape index (κ2) is 6.22. The van der Waals surface area contributed by atoms with E-state index in [9.17, 15) is 8.78 Å². The Hall–Kier alpha value is -1.62. The number of ether oxygens (including phenoxy) is 1. The molecule has 2 nitrogen and oxygen atoms in total. The molecule has 2 aromatic carbocycles. The summed E-state index contributed by atoms with van der Waals surface area (Å²) >= 11 is 3.41. The van der Waals surface area contributed by atoms with Crippen LogP contribution in [0.25, 0.3) is 0 Å². The summed E-state index contributed by atoms with van der Waals surface area (Å²) in [6.45, 7) is 1.91. The van der Waals surface area contributed by atoms with Crippen LogP contribution in [0, 0.1) is 11.6 Å². The van der Waals surface area contributed by atoms with E-state index >= 15 is 0 Å². The molecule has 0 saturated carbocycles. The predicted octanol–water partition coefficient (Wildman–Crippen LogP) is 4.91. The Morgan fingerprint density at radius 2 is 1.75 bits per heavy atom. The van der Waals surface area contributed by atoms with E-state index in [1.54, 1.807) is 7.11 Å². The molecule has 0 saturated heterocycles. The third-order valence-electron chi connectivity index (χ3n) is 2.92. The highest BCUT2D eigenvalue weighted by Crippen LogP contribution is 2.29. The first-order valence-corrected chi connectivity index (χ1v) is 6.85. The molecule has 0 aliphatic heterocycles. The minimum absolute atomic E-state index is 0.0987. The summed E-state index contributed by atoms with van der Waals surface area (Å²) in [5, 5.41) is 3.06. The van der Waals surface area contributed by atoms with Crippen LogP contribution in [0.15, 0.2) is 40.9 Å². The second-order valence-electron chi connectivity index (χ2n) is 4.42. The van der Waals surface area contributed by atoms with Gasteiger partial charge in [-0.25, -0.2) is 8.78 Å². The van der Waals surface area contributed by atoms with Crippen molar-refractivity contribution in [2.75, 3.05) is 12.4 Å². The number of hydrogen-bond donors (Lipinski definition) is 1. The molecule has 0 aliphatic rings. The number of methoxy groups -OCH3 is 1. The van der Waals surface area contributed by atoms with Gasteiger partial charge in [-0.15, -0.1) is 0 Å². The highest BCUT2D eigenvalue weighted by Gasteiger charge is 2.09. The van der Waals surface area contributed by atoms with Crippen LogP contribution >= 0.6 is 15.9 Å². The fourth-order valence-corrected chi connectivity index (χ4v) is 2.48. The molecule has 2 rings (SSSR count). The maximum atomic E-state index is 13.1. The molecule has 2 aromatic rings. The average Bonchev–Trinajstić information content (AvgIpc) is 2.37. The van der Waals surface area contributed by atoms with Gasteiger partial charge in [-0.05, 0) is 52.7 Å². The monoisotopic (exact) mass is 341 g/mol. The Balaban J connectivity index is 2.19. The molecule has 5 heteroatoms. The largest absolute Gasteiger partial charge is 0.496 e. The molecule has 0 radical (unpaired) electrons. The van der Waals surface area contributed by atoms with Crippen LogP contribution in [0.2, 0.25) is 0 Å². The second-order valence-corrected chi connectivity index (χ2v) is 5.27. The molecular weight excluding hydrogens is 328 g/mol. The topological polar surface area (TPSA) is 21.3 Å². The van der Waals surface area contributed by atoms with Crippen molar-refractivity contribution in [1.82, 2.24) is 0 Å². The van der Waals surface area contributed by atoms with Crippen molar-refractivity contribution in [2.45, 2.75) is 13.0 Å². The number of nitrogens with one attached hydrogen (secondary N) is 1. The molecule has 1 atom stereocenters. The van der Waals surface area contributed by atoms with Crippen LogP contribution < -0.4 is 10.1 Å². The maximum absolute atomic E-state index is 13.1. The van der Waals surface area contributed by atoms with Gasteiger partial charge in [-0.2, -0.15) is 0 Å². The molecule has 0 bridgehead atoms. The van der Waals surface area contributed by atoms with Crippen LogP contribution in [-0.2, 0) is 0 Å². The van der Waals surface area contributed by atoms with Crippen molar-refractivity contribution in [2.24, 2.45) is 0 Å². The zero-order valence-electron chi connectivity index (χ0n) is 11.1. The van der Waals surface area contributed by atoms with Crippen molar-refractivity contribution in [3.8, 4) is 5.75 Å². The van der Waals surface area contributed by atoms with Gasteiger partial charge in [0.1, 0.15) is 17.4 Å². The third-order valence-corrected chi connectivity index (χ3v) is 3.54. The van der Waals surface area contributed by atoms with Gasteiger partial charge in [0.2, 0.25) is 0 Å². The lowest BCUT2D eigenvalue weighted by molar-refractivity contribution is 0.412. The van der Waals surface area contributed by atoms with E-state index in [-0.39, 0.29) is 6.04 Å². The van der Waals surface area contributed by atoms with Crippen molar-refractivity contribution in [1.29, 1.82) is 0 Å². The highest BCUT2D eigenvalue weighted by atomic mass is 79.9. The fourth-order valence-electron chi connectivity index (χ4n) is 1.92. The number of anilines is 1. The van der Waals surface area contributed by atoms with Crippen LogP contribution in [0.1, 0.15) is 18.5 Å². The van der Waals surface area contributed by atoms with Gasteiger partial charge in [-0.3, -0.25) is 0 Å².